The summed E-state index contributed by atoms with van der Waals surface area (Å²) in [5.74, 6) is 5.91. The number of aliphatic hydroxyl groups is 2. The highest BCUT2D eigenvalue weighted by atomic mass is 16.3. The SMILES string of the molecule is CC(C)(O)C#Cc1ccc(CN2CC(=O)N(C3CCCCC3)CC(O)C2)cc1. The zero-order chi connectivity index (χ0) is 20.1. The Hall–Kier alpha value is -1.87. The number of carbonyl (C=O) groups is 1. The van der Waals surface area contributed by atoms with Crippen molar-refractivity contribution in [1.82, 2.24) is 9.80 Å². The third kappa shape index (κ3) is 6.07. The van der Waals surface area contributed by atoms with Crippen molar-refractivity contribution in [3.8, 4) is 11.8 Å². The number of β-amino-alcohol motifs (C(OH)–C–C–N with tert-alkyl or cyclic N) is 1. The predicted octanol–water partition coefficient (Wildman–Crippen LogP) is 2.15. The molecule has 0 spiro atoms. The molecule has 5 nitrogen and oxygen atoms in total. The first-order valence-corrected chi connectivity index (χ1v) is 10.3. The lowest BCUT2D eigenvalue weighted by Gasteiger charge is -2.34. The van der Waals surface area contributed by atoms with Gasteiger partial charge in [0.25, 0.3) is 0 Å². The summed E-state index contributed by atoms with van der Waals surface area (Å²) < 4.78 is 0. The largest absolute Gasteiger partial charge is 0.390 e. The number of amides is 1. The van der Waals surface area contributed by atoms with Crippen molar-refractivity contribution < 1.29 is 15.0 Å². The Bertz CT molecular complexity index is 721. The minimum absolute atomic E-state index is 0.135. The molecule has 28 heavy (non-hydrogen) atoms. The van der Waals surface area contributed by atoms with Crippen LogP contribution in [0.15, 0.2) is 24.3 Å². The van der Waals surface area contributed by atoms with E-state index in [9.17, 15) is 15.0 Å². The zero-order valence-corrected chi connectivity index (χ0v) is 17.0. The first kappa shape index (κ1) is 20.9. The number of nitrogens with zero attached hydrogens (tertiary/aromatic N) is 2. The molecule has 2 fully saturated rings. The number of rotatable bonds is 3. The molecule has 3 rings (SSSR count). The maximum atomic E-state index is 12.8. The van der Waals surface area contributed by atoms with E-state index >= 15 is 0 Å². The Labute approximate surface area is 168 Å². The van der Waals surface area contributed by atoms with E-state index in [0.29, 0.717) is 32.2 Å². The summed E-state index contributed by atoms with van der Waals surface area (Å²) in [6.45, 7) is 5.26. The van der Waals surface area contributed by atoms with Crippen molar-refractivity contribution in [1.29, 1.82) is 0 Å². The normalized spacial score (nSPS) is 22.5. The van der Waals surface area contributed by atoms with Crippen LogP contribution in [0.1, 0.15) is 57.1 Å². The van der Waals surface area contributed by atoms with Gasteiger partial charge in [-0.2, -0.15) is 0 Å². The van der Waals surface area contributed by atoms with E-state index in [-0.39, 0.29) is 5.91 Å². The predicted molar refractivity (Wildman–Crippen MR) is 109 cm³/mol. The Morgan fingerprint density at radius 2 is 1.79 bits per heavy atom. The number of hydrogen-bond acceptors (Lipinski definition) is 4. The highest BCUT2D eigenvalue weighted by Gasteiger charge is 2.31. The van der Waals surface area contributed by atoms with Crippen LogP contribution >= 0.6 is 0 Å². The van der Waals surface area contributed by atoms with Crippen molar-refractivity contribution in [3.63, 3.8) is 0 Å². The molecule has 1 amide bonds. The molecule has 1 saturated carbocycles. The molecule has 1 aromatic carbocycles. The van der Waals surface area contributed by atoms with Gasteiger partial charge < -0.3 is 15.1 Å². The topological polar surface area (TPSA) is 64.0 Å². The highest BCUT2D eigenvalue weighted by molar-refractivity contribution is 5.79. The summed E-state index contributed by atoms with van der Waals surface area (Å²) in [6, 6.07) is 8.14. The molecule has 1 unspecified atom stereocenters. The fraction of sp³-hybridized carbons (Fsp3) is 0.609. The van der Waals surface area contributed by atoms with Crippen LogP contribution in [0.25, 0.3) is 0 Å². The van der Waals surface area contributed by atoms with Crippen LogP contribution in [0.5, 0.6) is 0 Å². The second-order valence-electron chi connectivity index (χ2n) is 8.67. The maximum absolute atomic E-state index is 12.8. The third-order valence-corrected chi connectivity index (χ3v) is 5.44. The molecule has 0 bridgehead atoms. The Balaban J connectivity index is 1.62. The van der Waals surface area contributed by atoms with Crippen LogP contribution in [0.4, 0.5) is 0 Å². The number of aliphatic hydroxyl groups excluding tert-OH is 1. The van der Waals surface area contributed by atoms with E-state index in [1.165, 1.54) is 19.3 Å². The molecular weight excluding hydrogens is 352 g/mol. The van der Waals surface area contributed by atoms with Gasteiger partial charge in [0.15, 0.2) is 0 Å². The van der Waals surface area contributed by atoms with Gasteiger partial charge in [-0.1, -0.05) is 43.2 Å². The molecule has 2 aliphatic rings. The Morgan fingerprint density at radius 1 is 1.11 bits per heavy atom. The quantitative estimate of drug-likeness (QED) is 0.784. The summed E-state index contributed by atoms with van der Waals surface area (Å²) in [4.78, 5) is 16.8. The van der Waals surface area contributed by atoms with Gasteiger partial charge in [0, 0.05) is 31.2 Å². The molecule has 1 saturated heterocycles. The van der Waals surface area contributed by atoms with Crippen molar-refractivity contribution in [2.45, 2.75) is 70.2 Å². The molecule has 1 aliphatic heterocycles. The molecule has 0 aromatic heterocycles. The summed E-state index contributed by atoms with van der Waals surface area (Å²) in [5.41, 5.74) is 0.923. The second kappa shape index (κ2) is 9.09. The van der Waals surface area contributed by atoms with Gasteiger partial charge in [-0.15, -0.1) is 0 Å². The van der Waals surface area contributed by atoms with Crippen LogP contribution in [0.3, 0.4) is 0 Å². The summed E-state index contributed by atoms with van der Waals surface area (Å²) in [7, 11) is 0. The molecule has 1 aliphatic carbocycles. The average molecular weight is 385 g/mol. The van der Waals surface area contributed by atoms with Crippen LogP contribution in [0, 0.1) is 11.8 Å². The number of benzene rings is 1. The Morgan fingerprint density at radius 3 is 2.43 bits per heavy atom. The first-order chi connectivity index (χ1) is 13.3. The average Bonchev–Trinajstić information content (AvgIpc) is 2.79. The molecule has 5 heteroatoms. The smallest absolute Gasteiger partial charge is 0.237 e. The van der Waals surface area contributed by atoms with Gasteiger partial charge in [0.1, 0.15) is 5.60 Å². The fourth-order valence-electron chi connectivity index (χ4n) is 4.07. The van der Waals surface area contributed by atoms with E-state index in [0.717, 1.165) is 24.0 Å². The molecular formula is C23H32N2O3. The number of carbonyl (C=O) groups excluding carboxylic acids is 1. The number of hydrogen-bond donors (Lipinski definition) is 2. The van der Waals surface area contributed by atoms with Gasteiger partial charge in [0.2, 0.25) is 5.91 Å². The van der Waals surface area contributed by atoms with E-state index in [1.807, 2.05) is 34.1 Å². The standard InChI is InChI=1S/C23H32N2O3/c1-23(2,28)13-12-18-8-10-19(11-9-18)14-24-15-21(26)16-25(22(27)17-24)20-6-4-3-5-7-20/h8-11,20-21,26,28H,3-7,14-17H2,1-2H3. The molecule has 152 valence electrons. The van der Waals surface area contributed by atoms with Gasteiger partial charge in [0.05, 0.1) is 12.6 Å². The van der Waals surface area contributed by atoms with Crippen molar-refractivity contribution in [2.24, 2.45) is 0 Å². The fourth-order valence-corrected chi connectivity index (χ4v) is 4.07. The van der Waals surface area contributed by atoms with E-state index in [2.05, 4.69) is 11.8 Å². The van der Waals surface area contributed by atoms with Gasteiger partial charge in [-0.05, 0) is 44.4 Å². The van der Waals surface area contributed by atoms with Gasteiger partial charge in [-0.25, -0.2) is 0 Å². The first-order valence-electron chi connectivity index (χ1n) is 10.3. The summed E-state index contributed by atoms with van der Waals surface area (Å²) >= 11 is 0. The molecule has 1 aromatic rings. The van der Waals surface area contributed by atoms with E-state index < -0.39 is 11.7 Å². The minimum Gasteiger partial charge on any atom is -0.390 e. The van der Waals surface area contributed by atoms with E-state index in [1.54, 1.807) is 13.8 Å². The van der Waals surface area contributed by atoms with Gasteiger partial charge >= 0.3 is 0 Å². The minimum atomic E-state index is -1.01. The highest BCUT2D eigenvalue weighted by Crippen LogP contribution is 2.24. The molecule has 0 radical (unpaired) electrons. The van der Waals surface area contributed by atoms with Crippen LogP contribution < -0.4 is 0 Å². The molecule has 1 atom stereocenters. The second-order valence-corrected chi connectivity index (χ2v) is 8.67. The lowest BCUT2D eigenvalue weighted by molar-refractivity contribution is -0.134. The van der Waals surface area contributed by atoms with Crippen molar-refractivity contribution in [3.05, 3.63) is 35.4 Å². The van der Waals surface area contributed by atoms with Crippen molar-refractivity contribution in [2.75, 3.05) is 19.6 Å². The van der Waals surface area contributed by atoms with Crippen molar-refractivity contribution >= 4 is 5.91 Å². The third-order valence-electron chi connectivity index (χ3n) is 5.44. The van der Waals surface area contributed by atoms with E-state index in [4.69, 9.17) is 0 Å². The molecule has 1 heterocycles. The maximum Gasteiger partial charge on any atom is 0.237 e. The summed E-state index contributed by atoms with van der Waals surface area (Å²) in [5, 5.41) is 20.2. The van der Waals surface area contributed by atoms with Crippen LogP contribution in [0.2, 0.25) is 0 Å². The lowest BCUT2D eigenvalue weighted by atomic mass is 9.94. The zero-order valence-electron chi connectivity index (χ0n) is 17.0. The summed E-state index contributed by atoms with van der Waals surface area (Å²) in [6.07, 6.45) is 5.22. The van der Waals surface area contributed by atoms with Crippen LogP contribution in [-0.2, 0) is 11.3 Å². The van der Waals surface area contributed by atoms with Gasteiger partial charge in [-0.3, -0.25) is 9.69 Å². The lowest BCUT2D eigenvalue weighted by Crippen LogP contribution is -2.45. The Kier molecular flexibility index (Phi) is 6.77. The van der Waals surface area contributed by atoms with Crippen LogP contribution in [-0.4, -0.2) is 63.3 Å². The molecule has 2 N–H and O–H groups in total. The monoisotopic (exact) mass is 384 g/mol.